The molecule has 0 bridgehead atoms. The first kappa shape index (κ1) is 18.1. The van der Waals surface area contributed by atoms with Gasteiger partial charge in [-0.15, -0.1) is 0 Å². The van der Waals surface area contributed by atoms with Gasteiger partial charge in [-0.1, -0.05) is 17.3 Å². The third kappa shape index (κ3) is 3.33. The fourth-order valence-electron chi connectivity index (χ4n) is 3.35. The number of likely N-dealkylation sites (tertiary alicyclic amines) is 1. The molecule has 0 spiro atoms. The van der Waals surface area contributed by atoms with E-state index >= 15 is 0 Å². The Kier molecular flexibility index (Phi) is 4.77. The van der Waals surface area contributed by atoms with Crippen molar-refractivity contribution in [2.75, 3.05) is 7.11 Å². The molecule has 144 valence electrons. The Bertz CT molecular complexity index is 1020. The zero-order valence-corrected chi connectivity index (χ0v) is 15.1. The molecular formula is C20H17F2N3O3. The van der Waals surface area contributed by atoms with E-state index in [0.29, 0.717) is 23.6 Å². The number of hydrogen-bond donors (Lipinski definition) is 0. The van der Waals surface area contributed by atoms with E-state index in [1.165, 1.54) is 4.90 Å². The van der Waals surface area contributed by atoms with Crippen LogP contribution in [0.25, 0.3) is 11.4 Å². The molecule has 28 heavy (non-hydrogen) atoms. The highest BCUT2D eigenvalue weighted by atomic mass is 19.1. The van der Waals surface area contributed by atoms with Crippen LogP contribution in [0.4, 0.5) is 8.78 Å². The van der Waals surface area contributed by atoms with Crippen LogP contribution in [-0.4, -0.2) is 28.1 Å². The van der Waals surface area contributed by atoms with Gasteiger partial charge < -0.3 is 14.2 Å². The molecule has 6 nitrogen and oxygen atoms in total. The lowest BCUT2D eigenvalue weighted by molar-refractivity contribution is -0.130. The number of hydrogen-bond acceptors (Lipinski definition) is 5. The second kappa shape index (κ2) is 7.38. The molecule has 0 radical (unpaired) electrons. The topological polar surface area (TPSA) is 68.5 Å². The number of halogens is 2. The van der Waals surface area contributed by atoms with Gasteiger partial charge in [0.25, 0.3) is 0 Å². The van der Waals surface area contributed by atoms with Crippen molar-refractivity contribution >= 4 is 5.91 Å². The molecule has 1 aliphatic heterocycles. The molecule has 1 aliphatic rings. The summed E-state index contributed by atoms with van der Waals surface area (Å²) in [7, 11) is 1.55. The number of ether oxygens (including phenoxy) is 1. The molecular weight excluding hydrogens is 368 g/mol. The molecule has 1 amide bonds. The van der Waals surface area contributed by atoms with Gasteiger partial charge in [0.2, 0.25) is 17.6 Å². The van der Waals surface area contributed by atoms with Crippen LogP contribution < -0.4 is 4.74 Å². The predicted octanol–water partition coefficient (Wildman–Crippen LogP) is 3.89. The third-order valence-corrected chi connectivity index (χ3v) is 4.75. The summed E-state index contributed by atoms with van der Waals surface area (Å²) >= 11 is 0. The second-order valence-corrected chi connectivity index (χ2v) is 6.47. The Hall–Kier alpha value is -3.29. The van der Waals surface area contributed by atoms with Crippen LogP contribution in [0.3, 0.4) is 0 Å². The fourth-order valence-corrected chi connectivity index (χ4v) is 3.35. The Balaban J connectivity index is 1.62. The summed E-state index contributed by atoms with van der Waals surface area (Å²) in [6.45, 7) is -0.0700. The number of methoxy groups -OCH3 is 1. The van der Waals surface area contributed by atoms with Gasteiger partial charge in [0.15, 0.2) is 0 Å². The van der Waals surface area contributed by atoms with Crippen LogP contribution >= 0.6 is 0 Å². The molecule has 8 heteroatoms. The first-order chi connectivity index (χ1) is 13.6. The van der Waals surface area contributed by atoms with Crippen molar-refractivity contribution in [1.29, 1.82) is 0 Å². The van der Waals surface area contributed by atoms with Crippen molar-refractivity contribution < 1.29 is 22.8 Å². The lowest BCUT2D eigenvalue weighted by atomic mass is 10.1. The number of amides is 1. The smallest absolute Gasteiger partial charge is 0.249 e. The number of para-hydroxylation sites is 1. The van der Waals surface area contributed by atoms with E-state index in [2.05, 4.69) is 10.1 Å². The van der Waals surface area contributed by atoms with Crippen molar-refractivity contribution in [2.24, 2.45) is 0 Å². The lowest BCUT2D eigenvalue weighted by Crippen LogP contribution is -2.27. The second-order valence-electron chi connectivity index (χ2n) is 6.47. The van der Waals surface area contributed by atoms with Gasteiger partial charge in [-0.05, 0) is 36.8 Å². The molecule has 0 saturated carbocycles. The SMILES string of the molecule is COc1ccccc1-c1noc(C2CCC(=O)N2Cc2cc(F)ccc2F)n1. The van der Waals surface area contributed by atoms with E-state index in [4.69, 9.17) is 9.26 Å². The van der Waals surface area contributed by atoms with Crippen LogP contribution in [0.5, 0.6) is 5.75 Å². The number of carbonyl (C=O) groups excluding carboxylic acids is 1. The number of aromatic nitrogens is 2. The average molecular weight is 385 g/mol. The molecule has 1 fully saturated rings. The number of carbonyl (C=O) groups is 1. The van der Waals surface area contributed by atoms with Gasteiger partial charge in [0.1, 0.15) is 23.4 Å². The van der Waals surface area contributed by atoms with Crippen molar-refractivity contribution in [1.82, 2.24) is 15.0 Å². The summed E-state index contributed by atoms with van der Waals surface area (Å²) in [6, 6.07) is 9.92. The monoisotopic (exact) mass is 385 g/mol. The largest absolute Gasteiger partial charge is 0.496 e. The van der Waals surface area contributed by atoms with E-state index in [1.54, 1.807) is 19.2 Å². The van der Waals surface area contributed by atoms with Crippen molar-refractivity contribution in [3.63, 3.8) is 0 Å². The van der Waals surface area contributed by atoms with Crippen molar-refractivity contribution in [2.45, 2.75) is 25.4 Å². The Labute approximate surface area is 159 Å². The summed E-state index contributed by atoms with van der Waals surface area (Å²) in [5, 5.41) is 4.00. The Morgan fingerprint density at radius 2 is 2.07 bits per heavy atom. The highest BCUT2D eigenvalue weighted by Crippen LogP contribution is 2.35. The minimum absolute atomic E-state index is 0.0700. The minimum Gasteiger partial charge on any atom is -0.496 e. The molecule has 1 aromatic heterocycles. The predicted molar refractivity (Wildman–Crippen MR) is 95.2 cm³/mol. The molecule has 1 unspecified atom stereocenters. The highest BCUT2D eigenvalue weighted by Gasteiger charge is 2.36. The third-order valence-electron chi connectivity index (χ3n) is 4.75. The van der Waals surface area contributed by atoms with Crippen LogP contribution in [0, 0.1) is 11.6 Å². The summed E-state index contributed by atoms with van der Waals surface area (Å²) in [5.41, 5.74) is 0.761. The summed E-state index contributed by atoms with van der Waals surface area (Å²) < 4.78 is 38.2. The van der Waals surface area contributed by atoms with Crippen LogP contribution in [0.2, 0.25) is 0 Å². The Morgan fingerprint density at radius 1 is 1.25 bits per heavy atom. The fraction of sp³-hybridized carbons (Fsp3) is 0.250. The summed E-state index contributed by atoms with van der Waals surface area (Å²) in [6.07, 6.45) is 0.733. The van der Waals surface area contributed by atoms with Crippen LogP contribution in [0.15, 0.2) is 47.0 Å². The molecule has 2 heterocycles. The molecule has 1 saturated heterocycles. The minimum atomic E-state index is -0.569. The maximum Gasteiger partial charge on any atom is 0.249 e. The molecule has 0 aliphatic carbocycles. The van der Waals surface area contributed by atoms with E-state index in [0.717, 1.165) is 18.2 Å². The lowest BCUT2D eigenvalue weighted by Gasteiger charge is -2.22. The first-order valence-corrected chi connectivity index (χ1v) is 8.77. The summed E-state index contributed by atoms with van der Waals surface area (Å²) in [5.74, 6) is -0.120. The van der Waals surface area contributed by atoms with Gasteiger partial charge in [0.05, 0.1) is 12.7 Å². The first-order valence-electron chi connectivity index (χ1n) is 8.77. The normalized spacial score (nSPS) is 16.6. The van der Waals surface area contributed by atoms with E-state index in [1.807, 2.05) is 12.1 Å². The van der Waals surface area contributed by atoms with Gasteiger partial charge in [0, 0.05) is 18.5 Å². The summed E-state index contributed by atoms with van der Waals surface area (Å²) in [4.78, 5) is 18.2. The molecule has 2 aromatic carbocycles. The van der Waals surface area contributed by atoms with Gasteiger partial charge in [-0.25, -0.2) is 8.78 Å². The quantitative estimate of drug-likeness (QED) is 0.667. The maximum absolute atomic E-state index is 14.0. The van der Waals surface area contributed by atoms with Gasteiger partial charge >= 0.3 is 0 Å². The highest BCUT2D eigenvalue weighted by molar-refractivity contribution is 5.79. The zero-order valence-electron chi connectivity index (χ0n) is 15.1. The van der Waals surface area contributed by atoms with Crippen LogP contribution in [-0.2, 0) is 11.3 Å². The number of nitrogens with zero attached hydrogens (tertiary/aromatic N) is 3. The average Bonchev–Trinajstić information content (AvgIpc) is 3.32. The molecule has 3 aromatic rings. The van der Waals surface area contributed by atoms with E-state index in [9.17, 15) is 13.6 Å². The number of benzene rings is 2. The van der Waals surface area contributed by atoms with Gasteiger partial charge in [-0.2, -0.15) is 4.98 Å². The maximum atomic E-state index is 14.0. The van der Waals surface area contributed by atoms with Crippen LogP contribution in [0.1, 0.15) is 30.3 Å². The molecule has 1 atom stereocenters. The Morgan fingerprint density at radius 3 is 2.89 bits per heavy atom. The van der Waals surface area contributed by atoms with E-state index < -0.39 is 17.7 Å². The molecule has 4 rings (SSSR count). The zero-order chi connectivity index (χ0) is 19.7. The van der Waals surface area contributed by atoms with Gasteiger partial charge in [-0.3, -0.25) is 4.79 Å². The van der Waals surface area contributed by atoms with E-state index in [-0.39, 0.29) is 30.3 Å². The number of rotatable bonds is 5. The standard InChI is InChI=1S/C20H17F2N3O3/c1-27-17-5-3-2-4-14(17)19-23-20(28-24-19)16-8-9-18(26)25(16)11-12-10-13(21)6-7-15(12)22/h2-7,10,16H,8-9,11H2,1H3. The van der Waals surface area contributed by atoms with Crippen molar-refractivity contribution in [3.8, 4) is 17.1 Å². The van der Waals surface area contributed by atoms with Crippen molar-refractivity contribution in [3.05, 3.63) is 65.6 Å². The molecule has 0 N–H and O–H groups in total.